The smallest absolute Gasteiger partial charge is 0.0893 e. The standard InChI is InChI=1S/C18H18Cl2O/c1-12-9-17(14-3-2-4-16(20)10-14)18(21-11-12)13-5-7-15(19)8-6-13/h2-8,10,12,17-18H,9,11H2,1H3/t12?,17-,18+/m1/s1. The molecule has 1 aliphatic heterocycles. The summed E-state index contributed by atoms with van der Waals surface area (Å²) in [5.74, 6) is 0.881. The van der Waals surface area contributed by atoms with Crippen LogP contribution in [0.2, 0.25) is 10.0 Å². The maximum absolute atomic E-state index is 6.16. The summed E-state index contributed by atoms with van der Waals surface area (Å²) in [6.07, 6.45) is 1.17. The number of rotatable bonds is 2. The molecule has 0 radical (unpaired) electrons. The zero-order chi connectivity index (χ0) is 14.8. The maximum Gasteiger partial charge on any atom is 0.0893 e. The summed E-state index contributed by atoms with van der Waals surface area (Å²) in [7, 11) is 0. The third kappa shape index (κ3) is 3.42. The number of hydrogen-bond acceptors (Lipinski definition) is 1. The summed E-state index contributed by atoms with van der Waals surface area (Å²) in [6, 6.07) is 16.1. The highest BCUT2D eigenvalue weighted by Crippen LogP contribution is 2.43. The van der Waals surface area contributed by atoms with Gasteiger partial charge in [-0.15, -0.1) is 0 Å². The van der Waals surface area contributed by atoms with Gasteiger partial charge in [-0.05, 0) is 47.7 Å². The number of ether oxygens (including phenoxy) is 1. The predicted octanol–water partition coefficient (Wildman–Crippen LogP) is 5.87. The van der Waals surface area contributed by atoms with E-state index in [9.17, 15) is 0 Å². The second-order valence-corrected chi connectivity index (χ2v) is 6.68. The molecule has 0 bridgehead atoms. The van der Waals surface area contributed by atoms with Crippen molar-refractivity contribution in [1.29, 1.82) is 0 Å². The molecule has 0 spiro atoms. The molecule has 1 heterocycles. The van der Waals surface area contributed by atoms with Crippen LogP contribution in [0.3, 0.4) is 0 Å². The van der Waals surface area contributed by atoms with Crippen molar-refractivity contribution >= 4 is 23.2 Å². The van der Waals surface area contributed by atoms with Crippen molar-refractivity contribution in [3.8, 4) is 0 Å². The Hall–Kier alpha value is -1.02. The first-order valence-corrected chi connectivity index (χ1v) is 8.01. The Labute approximate surface area is 135 Å². The molecule has 110 valence electrons. The van der Waals surface area contributed by atoms with Crippen molar-refractivity contribution in [2.75, 3.05) is 6.61 Å². The van der Waals surface area contributed by atoms with E-state index in [1.807, 2.05) is 24.3 Å². The largest absolute Gasteiger partial charge is 0.373 e. The van der Waals surface area contributed by atoms with Crippen LogP contribution in [0.25, 0.3) is 0 Å². The predicted molar refractivity (Wildman–Crippen MR) is 88.1 cm³/mol. The van der Waals surface area contributed by atoms with Gasteiger partial charge in [0.1, 0.15) is 0 Å². The fourth-order valence-corrected chi connectivity index (χ4v) is 3.36. The van der Waals surface area contributed by atoms with Crippen LogP contribution in [0, 0.1) is 5.92 Å². The van der Waals surface area contributed by atoms with E-state index in [4.69, 9.17) is 27.9 Å². The monoisotopic (exact) mass is 320 g/mol. The van der Waals surface area contributed by atoms with Crippen LogP contribution in [-0.2, 0) is 4.74 Å². The van der Waals surface area contributed by atoms with Crippen LogP contribution in [0.1, 0.15) is 36.5 Å². The third-order valence-corrected chi connectivity index (χ3v) is 4.54. The topological polar surface area (TPSA) is 9.23 Å². The highest BCUT2D eigenvalue weighted by molar-refractivity contribution is 6.30. The van der Waals surface area contributed by atoms with E-state index < -0.39 is 0 Å². The lowest BCUT2D eigenvalue weighted by Gasteiger charge is -2.36. The van der Waals surface area contributed by atoms with Crippen molar-refractivity contribution in [2.45, 2.75) is 25.4 Å². The second-order valence-electron chi connectivity index (χ2n) is 5.81. The number of hydrogen-bond donors (Lipinski definition) is 0. The van der Waals surface area contributed by atoms with E-state index in [0.29, 0.717) is 11.8 Å². The summed E-state index contributed by atoms with van der Waals surface area (Å²) in [5, 5.41) is 1.53. The van der Waals surface area contributed by atoms with Gasteiger partial charge in [0.05, 0.1) is 12.7 Å². The molecule has 1 unspecified atom stereocenters. The molecule has 21 heavy (non-hydrogen) atoms. The maximum atomic E-state index is 6.16. The first kappa shape index (κ1) is 14.9. The average Bonchev–Trinajstić information content (AvgIpc) is 2.48. The summed E-state index contributed by atoms with van der Waals surface area (Å²) in [5.41, 5.74) is 2.42. The molecule has 1 saturated heterocycles. The van der Waals surface area contributed by atoms with Gasteiger partial charge in [-0.25, -0.2) is 0 Å². The van der Waals surface area contributed by atoms with Gasteiger partial charge < -0.3 is 4.74 Å². The van der Waals surface area contributed by atoms with Crippen LogP contribution < -0.4 is 0 Å². The molecule has 1 fully saturated rings. The van der Waals surface area contributed by atoms with Crippen LogP contribution >= 0.6 is 23.2 Å². The van der Waals surface area contributed by atoms with Crippen LogP contribution in [0.4, 0.5) is 0 Å². The quantitative estimate of drug-likeness (QED) is 0.671. The van der Waals surface area contributed by atoms with Crippen molar-refractivity contribution in [2.24, 2.45) is 5.92 Å². The Balaban J connectivity index is 1.95. The molecule has 0 amide bonds. The average molecular weight is 321 g/mol. The summed E-state index contributed by atoms with van der Waals surface area (Å²) in [6.45, 7) is 3.03. The molecule has 1 aliphatic rings. The lowest BCUT2D eigenvalue weighted by Crippen LogP contribution is -2.26. The van der Waals surface area contributed by atoms with E-state index in [-0.39, 0.29) is 6.10 Å². The summed E-state index contributed by atoms with van der Waals surface area (Å²) in [4.78, 5) is 0. The van der Waals surface area contributed by atoms with E-state index in [2.05, 4.69) is 31.2 Å². The van der Waals surface area contributed by atoms with Crippen molar-refractivity contribution < 1.29 is 4.74 Å². The number of benzene rings is 2. The molecule has 2 aromatic carbocycles. The van der Waals surface area contributed by atoms with Gasteiger partial charge >= 0.3 is 0 Å². The van der Waals surface area contributed by atoms with Gasteiger partial charge in [0.15, 0.2) is 0 Å². The minimum Gasteiger partial charge on any atom is -0.373 e. The highest BCUT2D eigenvalue weighted by atomic mass is 35.5. The number of halogens is 2. The van der Waals surface area contributed by atoms with Crippen LogP contribution in [-0.4, -0.2) is 6.61 Å². The molecule has 0 saturated carbocycles. The van der Waals surface area contributed by atoms with Gasteiger partial charge in [0.2, 0.25) is 0 Å². The minimum absolute atomic E-state index is 0.0666. The lowest BCUT2D eigenvalue weighted by atomic mass is 9.81. The molecular formula is C18H18Cl2O. The lowest BCUT2D eigenvalue weighted by molar-refractivity contribution is -0.0290. The Bertz CT molecular complexity index is 609. The van der Waals surface area contributed by atoms with E-state index in [1.54, 1.807) is 0 Å². The SMILES string of the molecule is CC1CO[C@@H](c2ccc(Cl)cc2)[C@@H](c2cccc(Cl)c2)C1. The van der Waals surface area contributed by atoms with Gasteiger partial charge in [-0.2, -0.15) is 0 Å². The fraction of sp³-hybridized carbons (Fsp3) is 0.333. The zero-order valence-corrected chi connectivity index (χ0v) is 13.4. The molecule has 3 heteroatoms. The van der Waals surface area contributed by atoms with Gasteiger partial charge in [0, 0.05) is 16.0 Å². The van der Waals surface area contributed by atoms with Crippen LogP contribution in [0.5, 0.6) is 0 Å². The van der Waals surface area contributed by atoms with Crippen molar-refractivity contribution in [3.05, 3.63) is 69.7 Å². The van der Waals surface area contributed by atoms with Gasteiger partial charge in [-0.1, -0.05) is 54.4 Å². The van der Waals surface area contributed by atoms with E-state index in [0.717, 1.165) is 23.1 Å². The minimum atomic E-state index is 0.0666. The van der Waals surface area contributed by atoms with E-state index in [1.165, 1.54) is 11.1 Å². The summed E-state index contributed by atoms with van der Waals surface area (Å²) < 4.78 is 6.14. The Morgan fingerprint density at radius 2 is 1.71 bits per heavy atom. The van der Waals surface area contributed by atoms with Gasteiger partial charge in [0.25, 0.3) is 0 Å². The molecule has 1 nitrogen and oxygen atoms in total. The molecule has 0 N–H and O–H groups in total. The van der Waals surface area contributed by atoms with Crippen molar-refractivity contribution in [1.82, 2.24) is 0 Å². The molecule has 3 atom stereocenters. The highest BCUT2D eigenvalue weighted by Gasteiger charge is 2.31. The molecule has 0 aliphatic carbocycles. The van der Waals surface area contributed by atoms with E-state index >= 15 is 0 Å². The molecular weight excluding hydrogens is 303 g/mol. The third-order valence-electron chi connectivity index (χ3n) is 4.06. The first-order valence-electron chi connectivity index (χ1n) is 7.26. The summed E-state index contributed by atoms with van der Waals surface area (Å²) >= 11 is 12.1. The molecule has 2 aromatic rings. The Kier molecular flexibility index (Phi) is 4.54. The second kappa shape index (κ2) is 6.39. The zero-order valence-electron chi connectivity index (χ0n) is 11.9. The van der Waals surface area contributed by atoms with Gasteiger partial charge in [-0.3, -0.25) is 0 Å². The fourth-order valence-electron chi connectivity index (χ4n) is 3.04. The molecule has 0 aromatic heterocycles. The Morgan fingerprint density at radius 1 is 0.952 bits per heavy atom. The Morgan fingerprint density at radius 3 is 2.43 bits per heavy atom. The van der Waals surface area contributed by atoms with Crippen molar-refractivity contribution in [3.63, 3.8) is 0 Å². The van der Waals surface area contributed by atoms with Crippen LogP contribution in [0.15, 0.2) is 48.5 Å². The molecule has 3 rings (SSSR count). The first-order chi connectivity index (χ1) is 10.1. The normalized spacial score (nSPS) is 25.8.